The third kappa shape index (κ3) is 4.91. The molecule has 0 fully saturated rings. The zero-order chi connectivity index (χ0) is 17.5. The van der Waals surface area contributed by atoms with E-state index in [1.165, 1.54) is 14.0 Å². The molecule has 2 rings (SSSR count). The van der Waals surface area contributed by atoms with Crippen LogP contribution in [0.5, 0.6) is 0 Å². The molecule has 0 saturated heterocycles. The smallest absolute Gasteiger partial charge is 0.328 e. The number of carbonyl (C=O) groups is 3. The van der Waals surface area contributed by atoms with Gasteiger partial charge in [-0.25, -0.2) is 4.79 Å². The highest BCUT2D eigenvalue weighted by Gasteiger charge is 2.21. The van der Waals surface area contributed by atoms with Gasteiger partial charge in [-0.3, -0.25) is 4.79 Å². The first-order valence-electron chi connectivity index (χ1n) is 7.84. The zero-order valence-corrected chi connectivity index (χ0v) is 13.9. The van der Waals surface area contributed by atoms with Gasteiger partial charge in [-0.15, -0.1) is 0 Å². The molecule has 1 atom stereocenters. The number of hydrogen-bond acceptors (Lipinski definition) is 4. The molecule has 126 valence electrons. The summed E-state index contributed by atoms with van der Waals surface area (Å²) in [5.74, 6) is -0.847. The Labute approximate surface area is 141 Å². The van der Waals surface area contributed by atoms with Crippen molar-refractivity contribution in [3.63, 3.8) is 0 Å². The third-order valence-corrected chi connectivity index (χ3v) is 3.78. The van der Waals surface area contributed by atoms with E-state index in [0.29, 0.717) is 0 Å². The monoisotopic (exact) mass is 327 g/mol. The van der Waals surface area contributed by atoms with Crippen LogP contribution in [-0.4, -0.2) is 30.8 Å². The summed E-state index contributed by atoms with van der Waals surface area (Å²) in [6.45, 7) is 1.45. The van der Waals surface area contributed by atoms with Crippen LogP contribution < -0.4 is 5.32 Å². The molecule has 2 aromatic rings. The number of carbonyl (C=O) groups excluding carboxylic acids is 3. The predicted octanol–water partition coefficient (Wildman–Crippen LogP) is 2.41. The molecule has 1 N–H and O–H groups in total. The summed E-state index contributed by atoms with van der Waals surface area (Å²) < 4.78 is 4.69. The molecule has 0 spiro atoms. The Balaban J connectivity index is 2.02. The first-order chi connectivity index (χ1) is 11.5. The molecule has 0 unspecified atom stereocenters. The van der Waals surface area contributed by atoms with Gasteiger partial charge in [0.25, 0.3) is 0 Å². The summed E-state index contributed by atoms with van der Waals surface area (Å²) in [6.07, 6.45) is 0.625. The number of hydrogen-bond donors (Lipinski definition) is 1. The fourth-order valence-electron chi connectivity index (χ4n) is 2.52. The summed E-state index contributed by atoms with van der Waals surface area (Å²) in [7, 11) is 1.26. The van der Waals surface area contributed by atoms with E-state index in [9.17, 15) is 14.4 Å². The first kappa shape index (κ1) is 17.7. The van der Waals surface area contributed by atoms with Crippen LogP contribution in [-0.2, 0) is 25.5 Å². The SMILES string of the molecule is COC(=O)[C@@H](CCC(C)=O)NC(=O)Cc1ccc2ccccc2c1. The number of esters is 1. The quantitative estimate of drug-likeness (QED) is 0.793. The van der Waals surface area contributed by atoms with Crippen molar-refractivity contribution in [1.29, 1.82) is 0 Å². The molecular weight excluding hydrogens is 306 g/mol. The third-order valence-electron chi connectivity index (χ3n) is 3.78. The van der Waals surface area contributed by atoms with Gasteiger partial charge in [0.05, 0.1) is 13.5 Å². The number of rotatable bonds is 7. The van der Waals surface area contributed by atoms with Crippen LogP contribution in [0.25, 0.3) is 10.8 Å². The van der Waals surface area contributed by atoms with Crippen LogP contribution >= 0.6 is 0 Å². The molecule has 0 aliphatic heterocycles. The number of methoxy groups -OCH3 is 1. The van der Waals surface area contributed by atoms with Crippen molar-refractivity contribution in [2.75, 3.05) is 7.11 Å². The van der Waals surface area contributed by atoms with Gasteiger partial charge in [0, 0.05) is 6.42 Å². The summed E-state index contributed by atoms with van der Waals surface area (Å²) in [4.78, 5) is 35.1. The van der Waals surface area contributed by atoms with Crippen LogP contribution in [0.3, 0.4) is 0 Å². The summed E-state index contributed by atoms with van der Waals surface area (Å²) >= 11 is 0. The Morgan fingerprint density at radius 3 is 2.46 bits per heavy atom. The average molecular weight is 327 g/mol. The molecule has 1 amide bonds. The molecule has 0 heterocycles. The minimum Gasteiger partial charge on any atom is -0.467 e. The maximum atomic E-state index is 12.2. The molecule has 0 bridgehead atoms. The second-order valence-electron chi connectivity index (χ2n) is 5.74. The number of amides is 1. The fraction of sp³-hybridized carbons (Fsp3) is 0.316. The largest absolute Gasteiger partial charge is 0.467 e. The van der Waals surface area contributed by atoms with Crippen LogP contribution in [0.1, 0.15) is 25.3 Å². The van der Waals surface area contributed by atoms with E-state index in [2.05, 4.69) is 10.1 Å². The molecule has 2 aromatic carbocycles. The molecule has 5 nitrogen and oxygen atoms in total. The molecule has 0 saturated carbocycles. The highest BCUT2D eigenvalue weighted by molar-refractivity contribution is 5.88. The van der Waals surface area contributed by atoms with E-state index in [1.807, 2.05) is 42.5 Å². The molecule has 5 heteroatoms. The van der Waals surface area contributed by atoms with Crippen molar-refractivity contribution in [2.45, 2.75) is 32.2 Å². The maximum Gasteiger partial charge on any atom is 0.328 e. The lowest BCUT2D eigenvalue weighted by Crippen LogP contribution is -2.42. The normalized spacial score (nSPS) is 11.8. The van der Waals surface area contributed by atoms with Gasteiger partial charge in [0.15, 0.2) is 0 Å². The summed E-state index contributed by atoms with van der Waals surface area (Å²) in [6, 6.07) is 12.9. The number of nitrogens with one attached hydrogen (secondary N) is 1. The zero-order valence-electron chi connectivity index (χ0n) is 13.9. The molecule has 0 aromatic heterocycles. The van der Waals surface area contributed by atoms with Gasteiger partial charge in [-0.2, -0.15) is 0 Å². The lowest BCUT2D eigenvalue weighted by molar-refractivity contribution is -0.145. The van der Waals surface area contributed by atoms with Gasteiger partial charge in [-0.1, -0.05) is 42.5 Å². The number of ketones is 1. The molecule has 0 aliphatic carbocycles. The van der Waals surface area contributed by atoms with Crippen LogP contribution in [0.2, 0.25) is 0 Å². The number of benzene rings is 2. The molecular formula is C19H21NO4. The summed E-state index contributed by atoms with van der Waals surface area (Å²) in [5, 5.41) is 4.82. The van der Waals surface area contributed by atoms with Gasteiger partial charge in [0.1, 0.15) is 11.8 Å². The Kier molecular flexibility index (Phi) is 6.07. The van der Waals surface area contributed by atoms with E-state index in [1.54, 1.807) is 0 Å². The number of ether oxygens (including phenoxy) is 1. The van der Waals surface area contributed by atoms with E-state index in [0.717, 1.165) is 16.3 Å². The Hall–Kier alpha value is -2.69. The van der Waals surface area contributed by atoms with Gasteiger partial charge < -0.3 is 14.8 Å². The van der Waals surface area contributed by atoms with Gasteiger partial charge in [-0.05, 0) is 29.7 Å². The van der Waals surface area contributed by atoms with Crippen LogP contribution in [0.4, 0.5) is 0 Å². The lowest BCUT2D eigenvalue weighted by Gasteiger charge is -2.16. The number of fused-ring (bicyclic) bond motifs is 1. The van der Waals surface area contributed by atoms with Crippen LogP contribution in [0.15, 0.2) is 42.5 Å². The highest BCUT2D eigenvalue weighted by Crippen LogP contribution is 2.16. The van der Waals surface area contributed by atoms with Crippen molar-refractivity contribution < 1.29 is 19.1 Å². The topological polar surface area (TPSA) is 72.5 Å². The summed E-state index contributed by atoms with van der Waals surface area (Å²) in [5.41, 5.74) is 0.862. The van der Waals surface area contributed by atoms with Crippen molar-refractivity contribution >= 4 is 28.4 Å². The van der Waals surface area contributed by atoms with Gasteiger partial charge in [0.2, 0.25) is 5.91 Å². The second kappa shape index (κ2) is 8.24. The second-order valence-corrected chi connectivity index (χ2v) is 5.74. The molecule has 24 heavy (non-hydrogen) atoms. The van der Waals surface area contributed by atoms with Crippen molar-refractivity contribution in [3.05, 3.63) is 48.0 Å². The first-order valence-corrected chi connectivity index (χ1v) is 7.84. The average Bonchev–Trinajstić information content (AvgIpc) is 2.57. The minimum atomic E-state index is -0.799. The van der Waals surface area contributed by atoms with Crippen molar-refractivity contribution in [2.24, 2.45) is 0 Å². The number of Topliss-reactive ketones (excluding diaryl/α,β-unsaturated/α-hetero) is 1. The Morgan fingerprint density at radius 1 is 1.08 bits per heavy atom. The van der Waals surface area contributed by atoms with E-state index < -0.39 is 12.0 Å². The minimum absolute atomic E-state index is 0.0346. The highest BCUT2D eigenvalue weighted by atomic mass is 16.5. The fourth-order valence-corrected chi connectivity index (χ4v) is 2.52. The van der Waals surface area contributed by atoms with Crippen molar-refractivity contribution in [1.82, 2.24) is 5.32 Å². The van der Waals surface area contributed by atoms with Gasteiger partial charge >= 0.3 is 5.97 Å². The standard InChI is InChI=1S/C19H21NO4/c1-13(21)7-10-17(19(23)24-2)20-18(22)12-14-8-9-15-5-3-4-6-16(15)11-14/h3-6,8-9,11,17H,7,10,12H2,1-2H3,(H,20,22)/t17-/m1/s1. The molecule has 0 aliphatic rings. The van der Waals surface area contributed by atoms with Crippen LogP contribution in [0, 0.1) is 0 Å². The Bertz CT molecular complexity index is 754. The molecule has 0 radical (unpaired) electrons. The van der Waals surface area contributed by atoms with E-state index >= 15 is 0 Å². The lowest BCUT2D eigenvalue weighted by atomic mass is 10.0. The predicted molar refractivity (Wildman–Crippen MR) is 91.5 cm³/mol. The van der Waals surface area contributed by atoms with Crippen molar-refractivity contribution in [3.8, 4) is 0 Å². The van der Waals surface area contributed by atoms with E-state index in [4.69, 9.17) is 0 Å². The maximum absolute atomic E-state index is 12.2. The van der Waals surface area contributed by atoms with E-state index in [-0.39, 0.29) is 31.0 Å². The Morgan fingerprint density at radius 2 is 1.79 bits per heavy atom.